The van der Waals surface area contributed by atoms with Crippen molar-refractivity contribution in [1.29, 1.82) is 0 Å². The van der Waals surface area contributed by atoms with Gasteiger partial charge in [0.2, 0.25) is 11.8 Å². The fraction of sp³-hybridized carbons (Fsp3) is 0.282. The van der Waals surface area contributed by atoms with Gasteiger partial charge >= 0.3 is 12.1 Å². The molecule has 0 saturated heterocycles. The number of halogens is 3. The molecule has 4 aromatic rings. The molecule has 0 atom stereocenters. The van der Waals surface area contributed by atoms with E-state index in [2.05, 4.69) is 16.0 Å². The molecule has 12 heteroatoms. The zero-order valence-corrected chi connectivity index (χ0v) is 28.7. The Bertz CT molecular complexity index is 1830. The monoisotopic (exact) mass is 703 g/mol. The number of carbonyl (C=O) groups excluding carboxylic acids is 4. The number of likely N-dealkylation sites (N-methyl/N-ethyl adjacent to an activating group) is 2. The van der Waals surface area contributed by atoms with E-state index < -0.39 is 47.5 Å². The van der Waals surface area contributed by atoms with Crippen molar-refractivity contribution < 1.29 is 41.8 Å². The lowest BCUT2D eigenvalue weighted by atomic mass is 9.79. The van der Waals surface area contributed by atoms with Crippen molar-refractivity contribution in [3.63, 3.8) is 0 Å². The number of alkyl halides is 3. The quantitative estimate of drug-likeness (QED) is 0.0992. The van der Waals surface area contributed by atoms with E-state index in [4.69, 9.17) is 9.47 Å². The van der Waals surface area contributed by atoms with Crippen LogP contribution in [0.25, 0.3) is 11.1 Å². The summed E-state index contributed by atoms with van der Waals surface area (Å²) in [4.78, 5) is 53.6. The van der Waals surface area contributed by atoms with Crippen molar-refractivity contribution in [1.82, 2.24) is 10.6 Å². The number of hydrogen-bond acceptors (Lipinski definition) is 6. The van der Waals surface area contributed by atoms with Crippen LogP contribution in [-0.2, 0) is 37.1 Å². The predicted octanol–water partition coefficient (Wildman–Crippen LogP) is 6.71. The van der Waals surface area contributed by atoms with Crippen molar-refractivity contribution in [2.45, 2.75) is 51.8 Å². The highest BCUT2D eigenvalue weighted by Crippen LogP contribution is 2.33. The van der Waals surface area contributed by atoms with Gasteiger partial charge in [-0.05, 0) is 80.3 Å². The first-order chi connectivity index (χ1) is 24.3. The third kappa shape index (κ3) is 9.33. The summed E-state index contributed by atoms with van der Waals surface area (Å²) in [5.41, 5.74) is -0.419. The summed E-state index contributed by atoms with van der Waals surface area (Å²) >= 11 is 0. The number of hydrogen-bond donors (Lipinski definition) is 3. The van der Waals surface area contributed by atoms with Crippen LogP contribution < -0.4 is 20.7 Å². The van der Waals surface area contributed by atoms with Crippen LogP contribution in [-0.4, -0.2) is 49.5 Å². The van der Waals surface area contributed by atoms with Gasteiger partial charge in [0.05, 0.1) is 23.8 Å². The van der Waals surface area contributed by atoms with Crippen LogP contribution in [0, 0.1) is 0 Å². The Balaban J connectivity index is 1.56. The van der Waals surface area contributed by atoms with Gasteiger partial charge in [-0.1, -0.05) is 66.7 Å². The zero-order valence-electron chi connectivity index (χ0n) is 28.7. The molecule has 4 aromatic carbocycles. The number of rotatable bonds is 14. The van der Waals surface area contributed by atoms with Gasteiger partial charge in [-0.2, -0.15) is 13.2 Å². The molecule has 3 amide bonds. The summed E-state index contributed by atoms with van der Waals surface area (Å²) in [6.07, 6.45) is -5.05. The van der Waals surface area contributed by atoms with Gasteiger partial charge in [-0.25, -0.2) is 0 Å². The first-order valence-electron chi connectivity index (χ1n) is 16.5. The van der Waals surface area contributed by atoms with Crippen molar-refractivity contribution >= 4 is 29.4 Å². The zero-order chi connectivity index (χ0) is 37.2. The SMILES string of the molecule is CCNC(=O)C(COC(=O)Cc1ccc(NC(=O)c2ccccc2-c2ccc(C(F)(F)F)cc2)c(OC(C)C)c1)(C(=O)NCC)c1ccccc1. The fourth-order valence-corrected chi connectivity index (χ4v) is 5.42. The summed E-state index contributed by atoms with van der Waals surface area (Å²) in [5, 5.41) is 8.21. The topological polar surface area (TPSA) is 123 Å². The smallest absolute Gasteiger partial charge is 0.416 e. The number of carbonyl (C=O) groups is 4. The average Bonchev–Trinajstić information content (AvgIpc) is 3.10. The van der Waals surface area contributed by atoms with Crippen molar-refractivity contribution in [2.24, 2.45) is 0 Å². The summed E-state index contributed by atoms with van der Waals surface area (Å²) in [5.74, 6) is -2.19. The second kappa shape index (κ2) is 16.8. The molecule has 0 aliphatic heterocycles. The lowest BCUT2D eigenvalue weighted by Gasteiger charge is -2.31. The molecule has 0 bridgehead atoms. The molecule has 3 N–H and O–H groups in total. The minimum absolute atomic E-state index is 0.224. The Morgan fingerprint density at radius 1 is 0.745 bits per heavy atom. The van der Waals surface area contributed by atoms with E-state index >= 15 is 0 Å². The van der Waals surface area contributed by atoms with E-state index in [0.717, 1.165) is 12.1 Å². The fourth-order valence-electron chi connectivity index (χ4n) is 5.42. The predicted molar refractivity (Wildman–Crippen MR) is 187 cm³/mol. The highest BCUT2D eigenvalue weighted by atomic mass is 19.4. The van der Waals surface area contributed by atoms with Crippen molar-refractivity contribution in [3.8, 4) is 16.9 Å². The Morgan fingerprint density at radius 2 is 1.35 bits per heavy atom. The molecule has 51 heavy (non-hydrogen) atoms. The third-order valence-electron chi connectivity index (χ3n) is 7.87. The van der Waals surface area contributed by atoms with Crippen LogP contribution in [0.1, 0.15) is 54.7 Å². The van der Waals surface area contributed by atoms with E-state index in [1.165, 1.54) is 12.1 Å². The van der Waals surface area contributed by atoms with Crippen LogP contribution in [0.3, 0.4) is 0 Å². The number of nitrogens with one attached hydrogen (secondary N) is 3. The highest BCUT2D eigenvalue weighted by Gasteiger charge is 2.48. The van der Waals surface area contributed by atoms with Crippen LogP contribution in [0.15, 0.2) is 97.1 Å². The molecule has 0 radical (unpaired) electrons. The van der Waals surface area contributed by atoms with Gasteiger partial charge in [-0.3, -0.25) is 19.2 Å². The molecule has 268 valence electrons. The second-order valence-corrected chi connectivity index (χ2v) is 11.9. The molecule has 0 aromatic heterocycles. The van der Waals surface area contributed by atoms with Gasteiger partial charge in [0.25, 0.3) is 5.91 Å². The van der Waals surface area contributed by atoms with Gasteiger partial charge in [0.1, 0.15) is 12.4 Å². The molecule has 0 aliphatic rings. The maximum atomic E-state index is 13.5. The summed E-state index contributed by atoms with van der Waals surface area (Å²) in [6.45, 7) is 6.98. The molecular weight excluding hydrogens is 663 g/mol. The van der Waals surface area contributed by atoms with Gasteiger partial charge in [-0.15, -0.1) is 0 Å². The first kappa shape index (κ1) is 38.2. The Kier molecular flexibility index (Phi) is 12.6. The minimum Gasteiger partial charge on any atom is -0.489 e. The number of ether oxygens (including phenoxy) is 2. The summed E-state index contributed by atoms with van der Waals surface area (Å²) in [7, 11) is 0. The lowest BCUT2D eigenvalue weighted by molar-refractivity contribution is -0.150. The van der Waals surface area contributed by atoms with Crippen molar-refractivity contribution in [2.75, 3.05) is 25.0 Å². The number of esters is 1. The normalized spacial score (nSPS) is 11.5. The van der Waals surface area contributed by atoms with E-state index in [1.807, 2.05) is 0 Å². The van der Waals surface area contributed by atoms with Crippen LogP contribution in [0.2, 0.25) is 0 Å². The van der Waals surface area contributed by atoms with E-state index in [9.17, 15) is 32.3 Å². The molecule has 0 fully saturated rings. The molecule has 0 saturated carbocycles. The maximum absolute atomic E-state index is 13.5. The Labute approximate surface area is 294 Å². The van der Waals surface area contributed by atoms with Gasteiger partial charge in [0, 0.05) is 18.7 Å². The van der Waals surface area contributed by atoms with E-state index in [0.29, 0.717) is 27.9 Å². The Morgan fingerprint density at radius 3 is 1.94 bits per heavy atom. The molecule has 9 nitrogen and oxygen atoms in total. The van der Waals surface area contributed by atoms with Crippen molar-refractivity contribution in [3.05, 3.63) is 119 Å². The summed E-state index contributed by atoms with van der Waals surface area (Å²) in [6, 6.07) is 24.2. The van der Waals surface area contributed by atoms with Gasteiger partial charge < -0.3 is 25.4 Å². The molecular formula is C39H40F3N3O6. The third-order valence-corrected chi connectivity index (χ3v) is 7.87. The minimum atomic E-state index is -4.49. The van der Waals surface area contributed by atoms with E-state index in [-0.39, 0.29) is 36.9 Å². The van der Waals surface area contributed by atoms with E-state index in [1.54, 1.807) is 100 Å². The lowest BCUT2D eigenvalue weighted by Crippen LogP contribution is -2.57. The maximum Gasteiger partial charge on any atom is 0.416 e. The van der Waals surface area contributed by atoms with Crippen LogP contribution in [0.5, 0.6) is 5.75 Å². The molecule has 4 rings (SSSR count). The second-order valence-electron chi connectivity index (χ2n) is 11.9. The largest absolute Gasteiger partial charge is 0.489 e. The van der Waals surface area contributed by atoms with Gasteiger partial charge in [0.15, 0.2) is 5.41 Å². The first-order valence-corrected chi connectivity index (χ1v) is 16.5. The summed E-state index contributed by atoms with van der Waals surface area (Å²) < 4.78 is 51.0. The highest BCUT2D eigenvalue weighted by molar-refractivity contribution is 6.11. The van der Waals surface area contributed by atoms with Crippen LogP contribution >= 0.6 is 0 Å². The van der Waals surface area contributed by atoms with Crippen LogP contribution in [0.4, 0.5) is 18.9 Å². The molecule has 0 heterocycles. The molecule has 0 spiro atoms. The molecule has 0 unspecified atom stereocenters. The Hall–Kier alpha value is -5.65. The number of anilines is 1. The number of amides is 3. The number of benzene rings is 4. The average molecular weight is 704 g/mol. The standard InChI is InChI=1S/C39H40F3N3O6/c1-5-43-36(48)38(37(49)44-6-2,28-12-8-7-9-13-28)24-50-34(46)23-26-16-21-32(33(22-26)51-25(3)4)45-35(47)31-15-11-10-14-30(31)27-17-19-29(20-18-27)39(40,41)42/h7-22,25H,5-6,23-24H2,1-4H3,(H,43,48)(H,44,49)(H,45,47). The molecule has 0 aliphatic carbocycles.